The highest BCUT2D eigenvalue weighted by Crippen LogP contribution is 2.52. The minimum absolute atomic E-state index is 0.189. The Morgan fingerprint density at radius 3 is 2.84 bits per heavy atom. The van der Waals surface area contributed by atoms with Crippen molar-refractivity contribution in [1.29, 1.82) is 0 Å². The Balaban J connectivity index is 1.45. The average Bonchev–Trinajstić information content (AvgIpc) is 3.28. The van der Waals surface area contributed by atoms with Gasteiger partial charge < -0.3 is 15.0 Å². The largest absolute Gasteiger partial charge is 0.377 e. The lowest BCUT2D eigenvalue weighted by molar-refractivity contribution is -0.107. The van der Waals surface area contributed by atoms with Gasteiger partial charge in [-0.3, -0.25) is 4.99 Å². The molecule has 25 heavy (non-hydrogen) atoms. The summed E-state index contributed by atoms with van der Waals surface area (Å²) in [6, 6.07) is 11.4. The van der Waals surface area contributed by atoms with Crippen molar-refractivity contribution < 1.29 is 4.74 Å². The second-order valence-corrected chi connectivity index (χ2v) is 8.33. The third-order valence-electron chi connectivity index (χ3n) is 6.45. The van der Waals surface area contributed by atoms with Crippen molar-refractivity contribution in [3.63, 3.8) is 0 Å². The molecule has 4 unspecified atom stereocenters. The molecule has 1 saturated carbocycles. The second-order valence-electron chi connectivity index (χ2n) is 8.33. The molecular weight excluding hydrogens is 310 g/mol. The van der Waals surface area contributed by atoms with Gasteiger partial charge in [-0.1, -0.05) is 44.2 Å². The van der Waals surface area contributed by atoms with Crippen LogP contribution < -0.4 is 5.32 Å². The normalized spacial score (nSPS) is 33.9. The average molecular weight is 341 g/mol. The van der Waals surface area contributed by atoms with Gasteiger partial charge in [-0.05, 0) is 25.3 Å². The number of hydrogen-bond acceptors (Lipinski definition) is 2. The van der Waals surface area contributed by atoms with Crippen LogP contribution in [0, 0.1) is 11.3 Å². The van der Waals surface area contributed by atoms with Crippen molar-refractivity contribution in [2.45, 2.75) is 51.7 Å². The summed E-state index contributed by atoms with van der Waals surface area (Å²) in [6.07, 6.45) is 2.80. The highest BCUT2D eigenvalue weighted by atomic mass is 16.5. The maximum absolute atomic E-state index is 5.95. The van der Waals surface area contributed by atoms with Crippen molar-refractivity contribution >= 4 is 5.96 Å². The molecule has 2 aliphatic heterocycles. The summed E-state index contributed by atoms with van der Waals surface area (Å²) in [6.45, 7) is 10.7. The highest BCUT2D eigenvalue weighted by Gasteiger charge is 2.59. The Hall–Kier alpha value is -1.55. The molecule has 3 aliphatic rings. The lowest BCUT2D eigenvalue weighted by Gasteiger charge is -2.55. The first-order valence-corrected chi connectivity index (χ1v) is 9.83. The van der Waals surface area contributed by atoms with E-state index in [1.54, 1.807) is 0 Å². The standard InChI is InChI=1S/C21H31N3O/c1-4-22-20(23-18-17-11-13-25-19(17)21(18,2)3)24-12-10-16(14-24)15-8-6-5-7-9-15/h5-9,16-19H,4,10-14H2,1-3H3,(H,22,23). The van der Waals surface area contributed by atoms with Crippen LogP contribution in [-0.4, -0.2) is 49.2 Å². The van der Waals surface area contributed by atoms with E-state index in [2.05, 4.69) is 61.3 Å². The van der Waals surface area contributed by atoms with Gasteiger partial charge in [0.15, 0.2) is 5.96 Å². The van der Waals surface area contributed by atoms with Crippen LogP contribution in [0.1, 0.15) is 45.1 Å². The van der Waals surface area contributed by atoms with Crippen LogP contribution in [0.5, 0.6) is 0 Å². The number of nitrogens with one attached hydrogen (secondary N) is 1. The first-order chi connectivity index (χ1) is 12.1. The molecule has 1 aliphatic carbocycles. The van der Waals surface area contributed by atoms with Gasteiger partial charge >= 0.3 is 0 Å². The molecule has 4 rings (SSSR count). The lowest BCUT2D eigenvalue weighted by atomic mass is 9.57. The highest BCUT2D eigenvalue weighted by molar-refractivity contribution is 5.81. The van der Waals surface area contributed by atoms with Crippen LogP contribution in [-0.2, 0) is 4.74 Å². The zero-order valence-corrected chi connectivity index (χ0v) is 15.7. The predicted octanol–water partition coefficient (Wildman–Crippen LogP) is 3.25. The van der Waals surface area contributed by atoms with E-state index in [0.717, 1.165) is 32.2 Å². The minimum atomic E-state index is 0.189. The molecular formula is C21H31N3O. The molecule has 0 bridgehead atoms. The Kier molecular flexibility index (Phi) is 4.48. The molecule has 2 saturated heterocycles. The predicted molar refractivity (Wildman–Crippen MR) is 102 cm³/mol. The maximum Gasteiger partial charge on any atom is 0.194 e. The molecule has 1 N–H and O–H groups in total. The SMILES string of the molecule is CCN=C(NC1C2CCOC2C1(C)C)N1CCC(c2ccccc2)C1. The molecule has 0 spiro atoms. The third-order valence-corrected chi connectivity index (χ3v) is 6.45. The zero-order chi connectivity index (χ0) is 17.4. The fraction of sp³-hybridized carbons (Fsp3) is 0.667. The molecule has 1 aromatic rings. The summed E-state index contributed by atoms with van der Waals surface area (Å²) in [4.78, 5) is 7.29. The molecule has 136 valence electrons. The van der Waals surface area contributed by atoms with E-state index in [1.807, 2.05) is 0 Å². The number of hydrogen-bond donors (Lipinski definition) is 1. The summed E-state index contributed by atoms with van der Waals surface area (Å²) >= 11 is 0. The number of nitrogens with zero attached hydrogens (tertiary/aromatic N) is 2. The van der Waals surface area contributed by atoms with E-state index in [9.17, 15) is 0 Å². The Morgan fingerprint density at radius 1 is 1.28 bits per heavy atom. The van der Waals surface area contributed by atoms with Crippen LogP contribution in [0.4, 0.5) is 0 Å². The van der Waals surface area contributed by atoms with E-state index in [4.69, 9.17) is 9.73 Å². The number of benzene rings is 1. The number of fused-ring (bicyclic) bond motifs is 1. The van der Waals surface area contributed by atoms with Crippen LogP contribution in [0.25, 0.3) is 0 Å². The van der Waals surface area contributed by atoms with E-state index in [0.29, 0.717) is 24.0 Å². The van der Waals surface area contributed by atoms with Gasteiger partial charge in [0.05, 0.1) is 6.10 Å². The summed E-state index contributed by atoms with van der Waals surface area (Å²) in [7, 11) is 0. The fourth-order valence-corrected chi connectivity index (χ4v) is 5.09. The molecule has 4 nitrogen and oxygen atoms in total. The summed E-state index contributed by atoms with van der Waals surface area (Å²) < 4.78 is 5.95. The summed E-state index contributed by atoms with van der Waals surface area (Å²) in [5.41, 5.74) is 1.64. The van der Waals surface area contributed by atoms with Crippen molar-refractivity contribution in [1.82, 2.24) is 10.2 Å². The molecule has 4 atom stereocenters. The smallest absolute Gasteiger partial charge is 0.194 e. The molecule has 1 aromatic carbocycles. The number of rotatable bonds is 3. The quantitative estimate of drug-likeness (QED) is 0.677. The van der Waals surface area contributed by atoms with E-state index in [-0.39, 0.29) is 5.41 Å². The molecule has 0 aromatic heterocycles. The van der Waals surface area contributed by atoms with Gasteiger partial charge in [0.2, 0.25) is 0 Å². The van der Waals surface area contributed by atoms with Gasteiger partial charge in [0, 0.05) is 49.5 Å². The van der Waals surface area contributed by atoms with Crippen LogP contribution in [0.3, 0.4) is 0 Å². The number of likely N-dealkylation sites (tertiary alicyclic amines) is 1. The fourth-order valence-electron chi connectivity index (χ4n) is 5.09. The Morgan fingerprint density at radius 2 is 2.08 bits per heavy atom. The Bertz CT molecular complexity index is 627. The molecule has 2 heterocycles. The topological polar surface area (TPSA) is 36.9 Å². The number of guanidine groups is 1. The van der Waals surface area contributed by atoms with Crippen molar-refractivity contribution in [2.75, 3.05) is 26.2 Å². The van der Waals surface area contributed by atoms with Gasteiger partial charge in [0.25, 0.3) is 0 Å². The first kappa shape index (κ1) is 16.9. The Labute approximate surface area is 151 Å². The summed E-state index contributed by atoms with van der Waals surface area (Å²) in [5, 5.41) is 3.83. The maximum atomic E-state index is 5.95. The molecule has 0 radical (unpaired) electrons. The minimum Gasteiger partial charge on any atom is -0.377 e. The number of aliphatic imine (C=N–C) groups is 1. The van der Waals surface area contributed by atoms with Gasteiger partial charge in [-0.15, -0.1) is 0 Å². The number of ether oxygens (including phenoxy) is 1. The van der Waals surface area contributed by atoms with Crippen molar-refractivity contribution in [3.8, 4) is 0 Å². The monoisotopic (exact) mass is 341 g/mol. The van der Waals surface area contributed by atoms with E-state index >= 15 is 0 Å². The van der Waals surface area contributed by atoms with Crippen LogP contribution in [0.15, 0.2) is 35.3 Å². The van der Waals surface area contributed by atoms with Crippen LogP contribution in [0.2, 0.25) is 0 Å². The van der Waals surface area contributed by atoms with Crippen molar-refractivity contribution in [3.05, 3.63) is 35.9 Å². The molecule has 0 amide bonds. The van der Waals surface area contributed by atoms with E-state index in [1.165, 1.54) is 18.4 Å². The lowest BCUT2D eigenvalue weighted by Crippen LogP contribution is -2.68. The molecule has 3 fully saturated rings. The van der Waals surface area contributed by atoms with Gasteiger partial charge in [0.1, 0.15) is 0 Å². The summed E-state index contributed by atoms with van der Waals surface area (Å²) in [5.74, 6) is 2.36. The van der Waals surface area contributed by atoms with Crippen LogP contribution >= 0.6 is 0 Å². The van der Waals surface area contributed by atoms with Gasteiger partial charge in [-0.25, -0.2) is 0 Å². The third kappa shape index (κ3) is 2.95. The van der Waals surface area contributed by atoms with E-state index < -0.39 is 0 Å². The van der Waals surface area contributed by atoms with Crippen molar-refractivity contribution in [2.24, 2.45) is 16.3 Å². The van der Waals surface area contributed by atoms with Gasteiger partial charge in [-0.2, -0.15) is 0 Å². The second kappa shape index (κ2) is 6.64. The molecule has 4 heteroatoms. The first-order valence-electron chi connectivity index (χ1n) is 9.83. The zero-order valence-electron chi connectivity index (χ0n) is 15.7.